The molecule has 5 heteroatoms. The highest BCUT2D eigenvalue weighted by molar-refractivity contribution is 6.35. The lowest BCUT2D eigenvalue weighted by Gasteiger charge is -2.12. The minimum Gasteiger partial charge on any atom is -0.484 e. The van der Waals surface area contributed by atoms with E-state index < -0.39 is 0 Å². The minimum absolute atomic E-state index is 0.309. The van der Waals surface area contributed by atoms with Crippen LogP contribution in [-0.4, -0.2) is 9.55 Å². The first kappa shape index (κ1) is 19.0. The molecular weight excluding hydrogens is 415 g/mol. The van der Waals surface area contributed by atoms with E-state index in [0.29, 0.717) is 28.9 Å². The van der Waals surface area contributed by atoms with Gasteiger partial charge in [-0.3, -0.25) is 0 Å². The summed E-state index contributed by atoms with van der Waals surface area (Å²) in [7, 11) is 0. The van der Waals surface area contributed by atoms with Crippen LogP contribution in [0, 0.1) is 0 Å². The number of hydrogen-bond acceptors (Lipinski definition) is 2. The van der Waals surface area contributed by atoms with Gasteiger partial charge in [-0.25, -0.2) is 4.98 Å². The quantitative estimate of drug-likeness (QED) is 0.295. The van der Waals surface area contributed by atoms with E-state index in [0.717, 1.165) is 16.9 Å². The summed E-state index contributed by atoms with van der Waals surface area (Å²) in [6, 6.07) is 28.3. The van der Waals surface area contributed by atoms with E-state index in [4.69, 9.17) is 32.9 Å². The number of imidazole rings is 1. The van der Waals surface area contributed by atoms with Crippen molar-refractivity contribution in [3.8, 4) is 5.75 Å². The number of fused-ring (bicyclic) bond motifs is 2. The van der Waals surface area contributed by atoms with Gasteiger partial charge in [0.25, 0.3) is 0 Å². The van der Waals surface area contributed by atoms with Crippen molar-refractivity contribution in [2.45, 2.75) is 13.2 Å². The largest absolute Gasteiger partial charge is 0.484 e. The Morgan fingerprint density at radius 3 is 2.47 bits per heavy atom. The zero-order valence-electron chi connectivity index (χ0n) is 16.1. The van der Waals surface area contributed by atoms with Gasteiger partial charge in [0.15, 0.2) is 0 Å². The third kappa shape index (κ3) is 3.74. The summed E-state index contributed by atoms with van der Waals surface area (Å²) < 4.78 is 8.18. The number of rotatable bonds is 5. The number of nitrogens with zero attached hydrogens (tertiary/aromatic N) is 2. The molecule has 30 heavy (non-hydrogen) atoms. The summed E-state index contributed by atoms with van der Waals surface area (Å²) in [4.78, 5) is 4.80. The first-order valence-corrected chi connectivity index (χ1v) is 10.4. The standard InChI is InChI=1S/C25H18Cl2N2O/c26-20-11-12-24(21(27)14-20)30-16-25-28-22-7-3-4-8-23(22)29(25)15-17-9-10-18-5-1-2-6-19(18)13-17/h1-14H,15-16H2. The Morgan fingerprint density at radius 2 is 1.60 bits per heavy atom. The number of para-hydroxylation sites is 2. The second kappa shape index (κ2) is 8.02. The highest BCUT2D eigenvalue weighted by Crippen LogP contribution is 2.29. The summed E-state index contributed by atoms with van der Waals surface area (Å²) in [6.45, 7) is 1.02. The molecule has 0 aliphatic rings. The van der Waals surface area contributed by atoms with Gasteiger partial charge in [-0.2, -0.15) is 0 Å². The van der Waals surface area contributed by atoms with E-state index in [2.05, 4.69) is 53.1 Å². The van der Waals surface area contributed by atoms with E-state index in [1.54, 1.807) is 18.2 Å². The lowest BCUT2D eigenvalue weighted by Crippen LogP contribution is -2.08. The monoisotopic (exact) mass is 432 g/mol. The van der Waals surface area contributed by atoms with Crippen LogP contribution in [0.5, 0.6) is 5.75 Å². The third-order valence-electron chi connectivity index (χ3n) is 5.14. The van der Waals surface area contributed by atoms with E-state index in [1.165, 1.54) is 16.3 Å². The average Bonchev–Trinajstić information content (AvgIpc) is 3.10. The average molecular weight is 433 g/mol. The molecule has 0 saturated carbocycles. The molecule has 0 fully saturated rings. The van der Waals surface area contributed by atoms with Crippen LogP contribution < -0.4 is 4.74 Å². The number of ether oxygens (including phenoxy) is 1. The molecule has 1 aromatic heterocycles. The van der Waals surface area contributed by atoms with Crippen LogP contribution in [0.15, 0.2) is 84.9 Å². The molecule has 0 bridgehead atoms. The fourth-order valence-corrected chi connectivity index (χ4v) is 4.13. The molecule has 0 amide bonds. The Hall–Kier alpha value is -3.01. The van der Waals surface area contributed by atoms with Gasteiger partial charge in [-0.05, 0) is 52.7 Å². The van der Waals surface area contributed by atoms with Crippen molar-refractivity contribution in [2.75, 3.05) is 0 Å². The lowest BCUT2D eigenvalue weighted by atomic mass is 10.1. The summed E-state index contributed by atoms with van der Waals surface area (Å²) in [5.74, 6) is 1.43. The van der Waals surface area contributed by atoms with Crippen LogP contribution in [0.4, 0.5) is 0 Å². The van der Waals surface area contributed by atoms with Crippen molar-refractivity contribution in [1.29, 1.82) is 0 Å². The molecule has 0 unspecified atom stereocenters. The molecule has 0 saturated heterocycles. The highest BCUT2D eigenvalue weighted by Gasteiger charge is 2.13. The highest BCUT2D eigenvalue weighted by atomic mass is 35.5. The van der Waals surface area contributed by atoms with Crippen molar-refractivity contribution >= 4 is 45.0 Å². The Bertz CT molecular complexity index is 1360. The van der Waals surface area contributed by atoms with Gasteiger partial charge in [0.1, 0.15) is 18.2 Å². The molecule has 1 heterocycles. The van der Waals surface area contributed by atoms with Crippen molar-refractivity contribution < 1.29 is 4.74 Å². The number of hydrogen-bond donors (Lipinski definition) is 0. The van der Waals surface area contributed by atoms with Gasteiger partial charge in [0.05, 0.1) is 16.1 Å². The predicted octanol–water partition coefficient (Wildman–Crippen LogP) is 7.12. The van der Waals surface area contributed by atoms with E-state index in [-0.39, 0.29) is 0 Å². The van der Waals surface area contributed by atoms with Crippen LogP contribution in [0.2, 0.25) is 10.0 Å². The van der Waals surface area contributed by atoms with E-state index in [9.17, 15) is 0 Å². The maximum absolute atomic E-state index is 6.26. The van der Waals surface area contributed by atoms with Gasteiger partial charge in [0, 0.05) is 11.6 Å². The first-order chi connectivity index (χ1) is 14.7. The maximum atomic E-state index is 6.26. The molecule has 4 aromatic carbocycles. The molecule has 0 aliphatic heterocycles. The number of halogens is 2. The topological polar surface area (TPSA) is 27.1 Å². The Kier molecular flexibility index (Phi) is 5.07. The maximum Gasteiger partial charge on any atom is 0.148 e. The van der Waals surface area contributed by atoms with Crippen LogP contribution in [-0.2, 0) is 13.2 Å². The van der Waals surface area contributed by atoms with Gasteiger partial charge >= 0.3 is 0 Å². The molecule has 3 nitrogen and oxygen atoms in total. The molecule has 5 aromatic rings. The van der Waals surface area contributed by atoms with Crippen LogP contribution in [0.1, 0.15) is 11.4 Å². The normalized spacial score (nSPS) is 11.3. The van der Waals surface area contributed by atoms with Crippen molar-refractivity contribution in [3.63, 3.8) is 0 Å². The Labute approximate surface area is 184 Å². The smallest absolute Gasteiger partial charge is 0.148 e. The van der Waals surface area contributed by atoms with Crippen molar-refractivity contribution in [2.24, 2.45) is 0 Å². The van der Waals surface area contributed by atoms with Gasteiger partial charge < -0.3 is 9.30 Å². The van der Waals surface area contributed by atoms with Crippen LogP contribution in [0.3, 0.4) is 0 Å². The fraction of sp³-hybridized carbons (Fsp3) is 0.0800. The third-order valence-corrected chi connectivity index (χ3v) is 5.67. The lowest BCUT2D eigenvalue weighted by molar-refractivity contribution is 0.291. The molecule has 0 aliphatic carbocycles. The van der Waals surface area contributed by atoms with Gasteiger partial charge in [0.2, 0.25) is 0 Å². The molecule has 0 N–H and O–H groups in total. The summed E-state index contributed by atoms with van der Waals surface area (Å²) in [6.07, 6.45) is 0. The predicted molar refractivity (Wildman–Crippen MR) is 124 cm³/mol. The fourth-order valence-electron chi connectivity index (χ4n) is 3.67. The van der Waals surface area contributed by atoms with Crippen LogP contribution >= 0.6 is 23.2 Å². The van der Waals surface area contributed by atoms with Crippen molar-refractivity contribution in [1.82, 2.24) is 9.55 Å². The number of aromatic nitrogens is 2. The molecular formula is C25H18Cl2N2O. The SMILES string of the molecule is Clc1ccc(OCc2nc3ccccc3n2Cc2ccc3ccccc3c2)c(Cl)c1. The first-order valence-electron chi connectivity index (χ1n) is 9.67. The van der Waals surface area contributed by atoms with Gasteiger partial charge in [-0.15, -0.1) is 0 Å². The second-order valence-corrected chi connectivity index (χ2v) is 7.99. The Balaban J connectivity index is 1.49. The van der Waals surface area contributed by atoms with E-state index >= 15 is 0 Å². The molecule has 0 radical (unpaired) electrons. The Morgan fingerprint density at radius 1 is 0.800 bits per heavy atom. The summed E-state index contributed by atoms with van der Waals surface area (Å²) >= 11 is 12.3. The zero-order valence-corrected chi connectivity index (χ0v) is 17.6. The minimum atomic E-state index is 0.309. The van der Waals surface area contributed by atoms with Gasteiger partial charge in [-0.1, -0.05) is 71.7 Å². The van der Waals surface area contributed by atoms with Crippen molar-refractivity contribution in [3.05, 3.63) is 106 Å². The molecule has 5 rings (SSSR count). The van der Waals surface area contributed by atoms with E-state index in [1.807, 2.05) is 18.2 Å². The molecule has 0 atom stereocenters. The second-order valence-electron chi connectivity index (χ2n) is 7.15. The zero-order chi connectivity index (χ0) is 20.5. The van der Waals surface area contributed by atoms with Crippen LogP contribution in [0.25, 0.3) is 21.8 Å². The number of benzene rings is 4. The molecule has 0 spiro atoms. The summed E-state index contributed by atoms with van der Waals surface area (Å²) in [5, 5.41) is 3.53. The summed E-state index contributed by atoms with van der Waals surface area (Å²) in [5.41, 5.74) is 3.23. The molecule has 148 valence electrons.